The van der Waals surface area contributed by atoms with Gasteiger partial charge in [0.15, 0.2) is 0 Å². The van der Waals surface area contributed by atoms with Gasteiger partial charge in [-0.2, -0.15) is 0 Å². The summed E-state index contributed by atoms with van der Waals surface area (Å²) in [5, 5.41) is 16.1. The van der Waals surface area contributed by atoms with E-state index in [1.165, 1.54) is 0 Å². The van der Waals surface area contributed by atoms with Crippen molar-refractivity contribution in [1.82, 2.24) is 4.57 Å². The first-order valence-electron chi connectivity index (χ1n) is 17.6. The van der Waals surface area contributed by atoms with Crippen LogP contribution in [0.4, 0.5) is 5.69 Å². The molecular formula is C36H22N2O2S. The van der Waals surface area contributed by atoms with Gasteiger partial charge in [-0.3, -0.25) is 10.1 Å². The molecule has 0 atom stereocenters. The van der Waals surface area contributed by atoms with E-state index in [9.17, 15) is 10.1 Å². The Morgan fingerprint density at radius 3 is 1.93 bits per heavy atom. The van der Waals surface area contributed by atoms with Crippen molar-refractivity contribution in [2.45, 2.75) is 0 Å². The van der Waals surface area contributed by atoms with Crippen LogP contribution in [0.3, 0.4) is 0 Å². The quantitative estimate of drug-likeness (QED) is 0.160. The van der Waals surface area contributed by atoms with Gasteiger partial charge in [-0.15, -0.1) is 11.3 Å². The number of thiophene rings is 1. The van der Waals surface area contributed by atoms with Gasteiger partial charge in [-0.1, -0.05) is 96.8 Å². The number of nitrogens with zero attached hydrogens (tertiary/aromatic N) is 2. The highest BCUT2D eigenvalue weighted by molar-refractivity contribution is 7.26. The Hall–Kier alpha value is -5.26. The van der Waals surface area contributed by atoms with Gasteiger partial charge >= 0.3 is 0 Å². The Labute approximate surface area is 253 Å². The number of rotatable bonds is 4. The molecule has 0 saturated carbocycles. The third kappa shape index (κ3) is 3.60. The van der Waals surface area contributed by atoms with Gasteiger partial charge in [0.25, 0.3) is 5.69 Å². The maximum atomic E-state index is 12.6. The van der Waals surface area contributed by atoms with Crippen LogP contribution >= 0.6 is 11.3 Å². The summed E-state index contributed by atoms with van der Waals surface area (Å²) < 4.78 is 89.8. The number of para-hydroxylation sites is 1. The standard InChI is InChI=1S/C36H22N2O2S/c39-38(40)25-21-28(23-11-3-1-4-12-23)36(29(22-25)24-13-5-2-6-14-24)37-30-17-9-7-15-26(30)34-31(37)19-20-33-35(34)27-16-8-10-18-32(27)41-33/h1-22H/i1D,2D,3D,4D,5D,6D,11D,12D,13D,14D. The fraction of sp³-hybridized carbons (Fsp3) is 0. The molecule has 8 aromatic rings. The van der Waals surface area contributed by atoms with Crippen LogP contribution in [0.25, 0.3) is 69.9 Å². The van der Waals surface area contributed by atoms with Crippen LogP contribution in [-0.2, 0) is 0 Å². The largest absolute Gasteiger partial charge is 0.308 e. The predicted octanol–water partition coefficient (Wildman–Crippen LogP) is 10.4. The summed E-state index contributed by atoms with van der Waals surface area (Å²) >= 11 is 1.61. The highest BCUT2D eigenvalue weighted by Crippen LogP contribution is 2.47. The number of nitro benzene ring substituents is 1. The maximum Gasteiger partial charge on any atom is 0.270 e. The minimum Gasteiger partial charge on any atom is -0.308 e. The van der Waals surface area contributed by atoms with Crippen molar-refractivity contribution < 1.29 is 18.6 Å². The molecule has 0 fully saturated rings. The molecule has 6 aromatic carbocycles. The van der Waals surface area contributed by atoms with Crippen molar-refractivity contribution >= 4 is 59.0 Å². The Kier molecular flexibility index (Phi) is 3.46. The van der Waals surface area contributed by atoms with Crippen LogP contribution in [0.2, 0.25) is 0 Å². The van der Waals surface area contributed by atoms with Crippen molar-refractivity contribution in [3.8, 4) is 27.9 Å². The maximum absolute atomic E-state index is 12.6. The summed E-state index contributed by atoms with van der Waals surface area (Å²) in [6, 6.07) is 14.9. The molecule has 0 saturated heterocycles. The average Bonchev–Trinajstić information content (AvgIpc) is 3.67. The van der Waals surface area contributed by atoms with Crippen molar-refractivity contribution in [2.24, 2.45) is 0 Å². The number of hydrogen-bond acceptors (Lipinski definition) is 3. The monoisotopic (exact) mass is 556 g/mol. The molecule has 194 valence electrons. The summed E-state index contributed by atoms with van der Waals surface area (Å²) in [5.74, 6) is 0. The van der Waals surface area contributed by atoms with Crippen LogP contribution in [0.1, 0.15) is 13.7 Å². The molecule has 0 N–H and O–H groups in total. The van der Waals surface area contributed by atoms with Gasteiger partial charge in [-0.05, 0) is 35.4 Å². The van der Waals surface area contributed by atoms with E-state index in [4.69, 9.17) is 13.7 Å². The molecule has 41 heavy (non-hydrogen) atoms. The molecule has 2 aromatic heterocycles. The van der Waals surface area contributed by atoms with Gasteiger partial charge in [-0.25, -0.2) is 0 Å². The molecule has 2 heterocycles. The zero-order valence-corrected chi connectivity index (χ0v) is 21.9. The Morgan fingerprint density at radius 2 is 1.27 bits per heavy atom. The molecule has 0 aliphatic rings. The average molecular weight is 557 g/mol. The van der Waals surface area contributed by atoms with Gasteiger partial charge in [0, 0.05) is 54.2 Å². The molecule has 0 unspecified atom stereocenters. The minimum atomic E-state index is -0.728. The van der Waals surface area contributed by atoms with Crippen molar-refractivity contribution in [2.75, 3.05) is 0 Å². The Morgan fingerprint density at radius 1 is 0.659 bits per heavy atom. The number of hydrogen-bond donors (Lipinski definition) is 0. The molecule has 0 spiro atoms. The Balaban J connectivity index is 1.68. The van der Waals surface area contributed by atoms with Gasteiger partial charge < -0.3 is 4.57 Å². The third-order valence-corrected chi connectivity index (χ3v) is 8.38. The second kappa shape index (κ2) is 9.15. The van der Waals surface area contributed by atoms with Gasteiger partial charge in [0.2, 0.25) is 0 Å². The molecular weight excluding hydrogens is 524 g/mol. The highest BCUT2D eigenvalue weighted by Gasteiger charge is 2.24. The summed E-state index contributed by atoms with van der Waals surface area (Å²) in [7, 11) is 0. The van der Waals surface area contributed by atoms with Crippen LogP contribution < -0.4 is 0 Å². The topological polar surface area (TPSA) is 48.1 Å². The first-order valence-corrected chi connectivity index (χ1v) is 13.5. The van der Waals surface area contributed by atoms with E-state index in [1.807, 2.05) is 54.6 Å². The second-order valence-corrected chi connectivity index (χ2v) is 10.5. The van der Waals surface area contributed by atoms with Crippen LogP contribution in [-0.4, -0.2) is 9.49 Å². The summed E-state index contributed by atoms with van der Waals surface area (Å²) in [5.41, 5.74) is -0.365. The molecule has 4 nitrogen and oxygen atoms in total. The van der Waals surface area contributed by atoms with E-state index in [0.29, 0.717) is 11.0 Å². The van der Waals surface area contributed by atoms with E-state index in [2.05, 4.69) is 0 Å². The minimum absolute atomic E-state index is 0.0442. The number of non-ortho nitro benzene ring substituents is 1. The van der Waals surface area contributed by atoms with E-state index < -0.39 is 71.0 Å². The van der Waals surface area contributed by atoms with Gasteiger partial charge in [0.05, 0.1) is 35.4 Å². The van der Waals surface area contributed by atoms with Crippen LogP contribution in [0.15, 0.2) is 133 Å². The highest BCUT2D eigenvalue weighted by atomic mass is 32.1. The van der Waals surface area contributed by atoms with Crippen molar-refractivity contribution in [3.63, 3.8) is 0 Å². The van der Waals surface area contributed by atoms with E-state index >= 15 is 0 Å². The first-order chi connectivity index (χ1) is 24.3. The molecule has 0 aliphatic carbocycles. The van der Waals surface area contributed by atoms with Crippen LogP contribution in [0.5, 0.6) is 0 Å². The van der Waals surface area contributed by atoms with E-state index in [1.54, 1.807) is 22.0 Å². The number of aromatic nitrogens is 1. The number of nitro groups is 1. The van der Waals surface area contributed by atoms with Crippen LogP contribution in [0, 0.1) is 10.1 Å². The van der Waals surface area contributed by atoms with Gasteiger partial charge in [0.1, 0.15) is 0 Å². The van der Waals surface area contributed by atoms with E-state index in [0.717, 1.165) is 43.1 Å². The lowest BCUT2D eigenvalue weighted by molar-refractivity contribution is -0.384. The second-order valence-electron chi connectivity index (χ2n) is 9.43. The zero-order valence-electron chi connectivity index (χ0n) is 31.0. The Bertz CT molecular complexity index is 2720. The number of fused-ring (bicyclic) bond motifs is 7. The molecule has 0 radical (unpaired) electrons. The smallest absolute Gasteiger partial charge is 0.270 e. The lowest BCUT2D eigenvalue weighted by atomic mass is 9.94. The lowest BCUT2D eigenvalue weighted by Gasteiger charge is -2.19. The zero-order chi connectivity index (χ0) is 36.2. The third-order valence-electron chi connectivity index (χ3n) is 7.24. The van der Waals surface area contributed by atoms with E-state index in [-0.39, 0.29) is 27.9 Å². The van der Waals surface area contributed by atoms with Crippen molar-refractivity contribution in [1.29, 1.82) is 0 Å². The lowest BCUT2D eigenvalue weighted by Crippen LogP contribution is -2.02. The molecule has 5 heteroatoms. The summed E-state index contributed by atoms with van der Waals surface area (Å²) in [4.78, 5) is 11.8. The fourth-order valence-electron chi connectivity index (χ4n) is 5.63. The fourth-order valence-corrected chi connectivity index (χ4v) is 6.75. The normalized spacial score (nSPS) is 15.0. The predicted molar refractivity (Wildman–Crippen MR) is 171 cm³/mol. The first kappa shape index (κ1) is 15.5. The molecule has 0 bridgehead atoms. The number of benzene rings is 6. The van der Waals surface area contributed by atoms with Crippen molar-refractivity contribution in [3.05, 3.63) is 143 Å². The molecule has 0 amide bonds. The SMILES string of the molecule is [2H]c1c([2H])c([2H])c(-c2cc([N+](=O)[O-])cc(-c3c([2H])c([2H])c([2H])c([2H])c3[2H])c2-n2c3ccccc3c3c4c(ccc32)sc2ccccc24)c([2H])c1[2H]. The summed E-state index contributed by atoms with van der Waals surface area (Å²) in [6.07, 6.45) is 0. The summed E-state index contributed by atoms with van der Waals surface area (Å²) in [6.45, 7) is 0. The molecule has 0 aliphatic heterocycles. The molecule has 8 rings (SSSR count).